The molecule has 2 aliphatic heterocycles. The number of nitrogens with zero attached hydrogens (tertiary/aromatic N) is 4. The summed E-state index contributed by atoms with van der Waals surface area (Å²) in [7, 11) is 1.39. The van der Waals surface area contributed by atoms with E-state index in [1.54, 1.807) is 35.3 Å². The maximum absolute atomic E-state index is 12.7. The maximum atomic E-state index is 12.7. The first-order valence-electron chi connectivity index (χ1n) is 9.80. The van der Waals surface area contributed by atoms with E-state index in [1.165, 1.54) is 7.11 Å². The summed E-state index contributed by atoms with van der Waals surface area (Å²) in [6.45, 7) is 2.14. The molecule has 0 radical (unpaired) electrons. The topological polar surface area (TPSA) is 98.5 Å². The minimum absolute atomic E-state index is 0.0510. The first kappa shape index (κ1) is 19.4. The van der Waals surface area contributed by atoms with Crippen molar-refractivity contribution in [3.05, 3.63) is 52.7 Å². The van der Waals surface area contributed by atoms with Gasteiger partial charge in [-0.3, -0.25) is 24.0 Å². The van der Waals surface area contributed by atoms with E-state index in [0.717, 1.165) is 12.1 Å². The zero-order valence-corrected chi connectivity index (χ0v) is 16.4. The molecule has 154 valence electrons. The molecule has 9 heteroatoms. The smallest absolute Gasteiger partial charge is 0.319 e. The number of hydrogen-bond acceptors (Lipinski definition) is 6. The number of methoxy groups -OCH3 is 1. The lowest BCUT2D eigenvalue weighted by molar-refractivity contribution is -0.142. The van der Waals surface area contributed by atoms with E-state index in [9.17, 15) is 14.4 Å². The van der Waals surface area contributed by atoms with Crippen LogP contribution in [0.15, 0.2) is 41.5 Å². The third-order valence-corrected chi connectivity index (χ3v) is 5.83. The summed E-state index contributed by atoms with van der Waals surface area (Å²) in [6.07, 6.45) is 4.29. The number of nitrogens with one attached hydrogen (secondary N) is 1. The van der Waals surface area contributed by atoms with Gasteiger partial charge >= 0.3 is 5.97 Å². The molecule has 0 aromatic carbocycles. The lowest BCUT2D eigenvalue weighted by Crippen LogP contribution is -2.53. The number of pyridine rings is 1. The molecule has 2 aliphatic rings. The minimum atomic E-state index is -0.264. The second-order valence-corrected chi connectivity index (χ2v) is 7.70. The number of ether oxygens (including phenoxy) is 1. The normalized spacial score (nSPS) is 23.3. The molecular weight excluding hydrogens is 374 g/mol. The molecule has 4 heterocycles. The Morgan fingerprint density at radius 3 is 2.86 bits per heavy atom. The number of hydrogen-bond donors (Lipinski definition) is 1. The second-order valence-electron chi connectivity index (χ2n) is 7.70. The molecule has 1 fully saturated rings. The third-order valence-electron chi connectivity index (χ3n) is 5.83. The summed E-state index contributed by atoms with van der Waals surface area (Å²) in [6, 6.07) is 6.93. The van der Waals surface area contributed by atoms with Crippen molar-refractivity contribution in [1.29, 1.82) is 0 Å². The van der Waals surface area contributed by atoms with Crippen LogP contribution in [-0.4, -0.2) is 64.4 Å². The van der Waals surface area contributed by atoms with Gasteiger partial charge in [-0.1, -0.05) is 6.07 Å². The number of carbonyl (C=O) groups excluding carboxylic acids is 2. The van der Waals surface area contributed by atoms with Crippen molar-refractivity contribution < 1.29 is 14.3 Å². The summed E-state index contributed by atoms with van der Waals surface area (Å²) in [4.78, 5) is 38.9. The number of esters is 1. The van der Waals surface area contributed by atoms with E-state index in [-0.39, 0.29) is 48.4 Å². The summed E-state index contributed by atoms with van der Waals surface area (Å²) < 4.78 is 8.21. The Morgan fingerprint density at radius 2 is 2.10 bits per heavy atom. The first-order chi connectivity index (χ1) is 14.0. The molecule has 1 N–H and O–H groups in total. The lowest BCUT2D eigenvalue weighted by atomic mass is 9.78. The SMILES string of the molecule is COC(=O)CN1C[C@H]2C[C@@H](C1)[C@H](CNC(=O)Cn1cccn1)n1c2cccc1=O. The molecule has 4 rings (SSSR count). The summed E-state index contributed by atoms with van der Waals surface area (Å²) in [5.74, 6) is -0.0672. The standard InChI is InChI=1S/C20H25N5O4/c1-29-20(28)13-23-10-14-8-15(11-23)17(25-16(14)4-2-5-19(25)27)9-21-18(26)12-24-7-3-6-22-24/h2-7,14-15,17H,8-13H2,1H3,(H,21,26)/t14-,15+,17+/m1/s1. The zero-order valence-electron chi connectivity index (χ0n) is 16.4. The monoisotopic (exact) mass is 399 g/mol. The molecule has 2 bridgehead atoms. The van der Waals surface area contributed by atoms with Crippen molar-refractivity contribution in [3.63, 3.8) is 0 Å². The number of likely N-dealkylation sites (tertiary alicyclic amines) is 1. The molecular formula is C20H25N5O4. The van der Waals surface area contributed by atoms with Gasteiger partial charge in [0.2, 0.25) is 5.91 Å². The van der Waals surface area contributed by atoms with Gasteiger partial charge in [0.05, 0.1) is 19.7 Å². The van der Waals surface area contributed by atoms with Crippen LogP contribution in [0.1, 0.15) is 24.1 Å². The number of fused-ring (bicyclic) bond motifs is 4. The molecule has 2 aromatic heterocycles. The molecule has 3 atom stereocenters. The molecule has 9 nitrogen and oxygen atoms in total. The van der Waals surface area contributed by atoms with Crippen LogP contribution in [0.3, 0.4) is 0 Å². The number of rotatable bonds is 6. The van der Waals surface area contributed by atoms with Gasteiger partial charge in [-0.25, -0.2) is 0 Å². The van der Waals surface area contributed by atoms with Crippen LogP contribution in [0.4, 0.5) is 0 Å². The van der Waals surface area contributed by atoms with Crippen LogP contribution in [0.2, 0.25) is 0 Å². The van der Waals surface area contributed by atoms with E-state index in [2.05, 4.69) is 15.3 Å². The summed E-state index contributed by atoms with van der Waals surface area (Å²) in [5.41, 5.74) is 0.916. The van der Waals surface area contributed by atoms with Crippen LogP contribution >= 0.6 is 0 Å². The Hall–Kier alpha value is -2.94. The Bertz CT molecular complexity index is 939. The van der Waals surface area contributed by atoms with Crippen molar-refractivity contribution >= 4 is 11.9 Å². The first-order valence-corrected chi connectivity index (χ1v) is 9.80. The molecule has 0 saturated carbocycles. The molecule has 29 heavy (non-hydrogen) atoms. The van der Waals surface area contributed by atoms with E-state index >= 15 is 0 Å². The largest absolute Gasteiger partial charge is 0.468 e. The Labute approximate surface area is 168 Å². The van der Waals surface area contributed by atoms with Crippen molar-refractivity contribution in [3.8, 4) is 0 Å². The van der Waals surface area contributed by atoms with Crippen molar-refractivity contribution in [2.75, 3.05) is 33.3 Å². The average Bonchev–Trinajstić information content (AvgIpc) is 3.21. The Morgan fingerprint density at radius 1 is 1.24 bits per heavy atom. The van der Waals surface area contributed by atoms with Gasteiger partial charge in [-0.15, -0.1) is 0 Å². The molecule has 2 aromatic rings. The van der Waals surface area contributed by atoms with E-state index in [4.69, 9.17) is 4.74 Å². The van der Waals surface area contributed by atoms with Crippen LogP contribution in [0.5, 0.6) is 0 Å². The molecule has 0 spiro atoms. The van der Waals surface area contributed by atoms with E-state index in [0.29, 0.717) is 19.6 Å². The predicted molar refractivity (Wildman–Crippen MR) is 104 cm³/mol. The minimum Gasteiger partial charge on any atom is -0.468 e. The number of piperidine rings is 1. The Kier molecular flexibility index (Phi) is 5.48. The summed E-state index contributed by atoms with van der Waals surface area (Å²) in [5, 5.41) is 7.01. The maximum Gasteiger partial charge on any atom is 0.319 e. The zero-order chi connectivity index (χ0) is 20.4. The van der Waals surface area contributed by atoms with Crippen molar-refractivity contribution in [2.45, 2.75) is 24.9 Å². The van der Waals surface area contributed by atoms with Crippen LogP contribution in [0, 0.1) is 5.92 Å². The highest BCUT2D eigenvalue weighted by Crippen LogP contribution is 2.40. The fraction of sp³-hybridized carbons (Fsp3) is 0.500. The predicted octanol–water partition coefficient (Wildman–Crippen LogP) is -0.00560. The van der Waals surface area contributed by atoms with Gasteiger partial charge in [0.25, 0.3) is 5.56 Å². The van der Waals surface area contributed by atoms with Gasteiger partial charge in [-0.2, -0.15) is 5.10 Å². The average molecular weight is 399 g/mol. The van der Waals surface area contributed by atoms with Gasteiger partial charge < -0.3 is 14.6 Å². The van der Waals surface area contributed by atoms with Crippen LogP contribution < -0.4 is 10.9 Å². The van der Waals surface area contributed by atoms with Gasteiger partial charge in [0, 0.05) is 49.7 Å². The highest BCUT2D eigenvalue weighted by Gasteiger charge is 2.40. The van der Waals surface area contributed by atoms with Crippen LogP contribution in [0.25, 0.3) is 0 Å². The number of amides is 1. The third kappa shape index (κ3) is 4.09. The molecule has 0 unspecified atom stereocenters. The Balaban J connectivity index is 1.53. The van der Waals surface area contributed by atoms with Crippen LogP contribution in [-0.2, 0) is 20.9 Å². The molecule has 0 aliphatic carbocycles. The van der Waals surface area contributed by atoms with Gasteiger partial charge in [0.15, 0.2) is 0 Å². The van der Waals surface area contributed by atoms with Crippen molar-refractivity contribution in [2.24, 2.45) is 5.92 Å². The number of aromatic nitrogens is 3. The van der Waals surface area contributed by atoms with E-state index in [1.807, 2.05) is 10.6 Å². The number of carbonyl (C=O) groups is 2. The van der Waals surface area contributed by atoms with Gasteiger partial charge in [-0.05, 0) is 24.5 Å². The van der Waals surface area contributed by atoms with E-state index < -0.39 is 0 Å². The lowest BCUT2D eigenvalue weighted by Gasteiger charge is -2.46. The second kappa shape index (κ2) is 8.20. The highest BCUT2D eigenvalue weighted by atomic mass is 16.5. The summed E-state index contributed by atoms with van der Waals surface area (Å²) >= 11 is 0. The van der Waals surface area contributed by atoms with Crippen molar-refractivity contribution in [1.82, 2.24) is 24.6 Å². The fourth-order valence-corrected chi connectivity index (χ4v) is 4.59. The van der Waals surface area contributed by atoms with Gasteiger partial charge in [0.1, 0.15) is 6.54 Å². The highest BCUT2D eigenvalue weighted by molar-refractivity contribution is 5.75. The molecule has 1 saturated heterocycles. The quantitative estimate of drug-likeness (QED) is 0.687. The fourth-order valence-electron chi connectivity index (χ4n) is 4.59. The molecule has 1 amide bonds.